The Bertz CT molecular complexity index is 350. The quantitative estimate of drug-likeness (QED) is 0.780. The van der Waals surface area contributed by atoms with Gasteiger partial charge >= 0.3 is 0 Å². The van der Waals surface area contributed by atoms with Crippen LogP contribution in [0.25, 0.3) is 0 Å². The van der Waals surface area contributed by atoms with Crippen LogP contribution < -0.4 is 5.32 Å². The topological polar surface area (TPSA) is 49.4 Å². The van der Waals surface area contributed by atoms with Gasteiger partial charge in [-0.3, -0.25) is 9.59 Å². The van der Waals surface area contributed by atoms with E-state index in [2.05, 4.69) is 26.1 Å². The van der Waals surface area contributed by atoms with Gasteiger partial charge in [0, 0.05) is 6.54 Å². The Kier molecular flexibility index (Phi) is 6.03. The van der Waals surface area contributed by atoms with Crippen molar-refractivity contribution in [1.82, 2.24) is 10.2 Å². The first-order valence-electron chi connectivity index (χ1n) is 8.10. The third kappa shape index (κ3) is 2.99. The summed E-state index contributed by atoms with van der Waals surface area (Å²) in [6.07, 6.45) is 4.20. The first kappa shape index (κ1) is 17.0. The van der Waals surface area contributed by atoms with E-state index in [0.717, 1.165) is 19.3 Å². The maximum atomic E-state index is 12.9. The molecule has 0 saturated carbocycles. The Morgan fingerprint density at radius 2 is 1.80 bits per heavy atom. The van der Waals surface area contributed by atoms with Crippen LogP contribution in [-0.2, 0) is 9.59 Å². The summed E-state index contributed by atoms with van der Waals surface area (Å²) >= 11 is 0. The number of carbonyl (C=O) groups excluding carboxylic acids is 2. The zero-order chi connectivity index (χ0) is 15.3. The Hall–Kier alpha value is -1.06. The minimum absolute atomic E-state index is 0.0266. The minimum atomic E-state index is -0.686. The molecule has 4 heteroatoms. The summed E-state index contributed by atoms with van der Waals surface area (Å²) < 4.78 is 0. The molecule has 0 bridgehead atoms. The van der Waals surface area contributed by atoms with Gasteiger partial charge in [-0.2, -0.15) is 0 Å². The van der Waals surface area contributed by atoms with Crippen molar-refractivity contribution in [3.05, 3.63) is 0 Å². The zero-order valence-electron chi connectivity index (χ0n) is 13.7. The molecule has 0 radical (unpaired) electrons. The van der Waals surface area contributed by atoms with Crippen LogP contribution in [0.15, 0.2) is 0 Å². The fraction of sp³-hybridized carbons (Fsp3) is 0.875. The predicted molar refractivity (Wildman–Crippen MR) is 81.3 cm³/mol. The van der Waals surface area contributed by atoms with Crippen LogP contribution in [0.2, 0.25) is 0 Å². The van der Waals surface area contributed by atoms with Crippen molar-refractivity contribution in [2.24, 2.45) is 5.92 Å². The monoisotopic (exact) mass is 282 g/mol. The van der Waals surface area contributed by atoms with Crippen LogP contribution >= 0.6 is 0 Å². The molecule has 2 atom stereocenters. The van der Waals surface area contributed by atoms with Crippen molar-refractivity contribution in [1.29, 1.82) is 0 Å². The number of amides is 2. The van der Waals surface area contributed by atoms with E-state index < -0.39 is 5.54 Å². The van der Waals surface area contributed by atoms with Gasteiger partial charge < -0.3 is 10.2 Å². The number of carbonyl (C=O) groups is 2. The summed E-state index contributed by atoms with van der Waals surface area (Å²) in [5.41, 5.74) is -0.686. The zero-order valence-corrected chi connectivity index (χ0v) is 13.7. The minimum Gasteiger partial charge on any atom is -0.340 e. The summed E-state index contributed by atoms with van der Waals surface area (Å²) in [5, 5.41) is 3.02. The van der Waals surface area contributed by atoms with E-state index in [4.69, 9.17) is 0 Å². The number of hydrogen-bond donors (Lipinski definition) is 1. The molecule has 4 nitrogen and oxygen atoms in total. The largest absolute Gasteiger partial charge is 0.340 e. The third-order valence-electron chi connectivity index (χ3n) is 4.78. The van der Waals surface area contributed by atoms with Gasteiger partial charge in [-0.1, -0.05) is 47.5 Å². The maximum Gasteiger partial charge on any atom is 0.248 e. The highest BCUT2D eigenvalue weighted by Gasteiger charge is 2.49. The lowest BCUT2D eigenvalue weighted by atomic mass is 9.84. The lowest BCUT2D eigenvalue weighted by Gasteiger charge is -2.47. The van der Waals surface area contributed by atoms with Crippen molar-refractivity contribution in [2.75, 3.05) is 6.54 Å². The highest BCUT2D eigenvalue weighted by atomic mass is 16.2. The third-order valence-corrected chi connectivity index (χ3v) is 4.78. The highest BCUT2D eigenvalue weighted by Crippen LogP contribution is 2.29. The smallest absolute Gasteiger partial charge is 0.248 e. The van der Waals surface area contributed by atoms with Crippen molar-refractivity contribution >= 4 is 11.8 Å². The molecule has 116 valence electrons. The molecule has 1 heterocycles. The SMILES string of the molecule is CCCCN1C(=O)C(CC)(CC)NC(=O)C1C(C)CC. The molecule has 0 aromatic carbocycles. The Balaban J connectivity index is 3.10. The van der Waals surface area contributed by atoms with Crippen LogP contribution in [0.4, 0.5) is 0 Å². The van der Waals surface area contributed by atoms with Gasteiger partial charge in [-0.15, -0.1) is 0 Å². The molecule has 0 aromatic heterocycles. The van der Waals surface area contributed by atoms with Crippen LogP contribution in [0.5, 0.6) is 0 Å². The number of nitrogens with zero attached hydrogens (tertiary/aromatic N) is 1. The molecule has 0 aromatic rings. The maximum absolute atomic E-state index is 12.9. The van der Waals surface area contributed by atoms with Crippen LogP contribution in [0.3, 0.4) is 0 Å². The first-order chi connectivity index (χ1) is 9.47. The first-order valence-corrected chi connectivity index (χ1v) is 8.10. The van der Waals surface area contributed by atoms with E-state index in [1.807, 2.05) is 18.7 Å². The molecule has 2 amide bonds. The number of hydrogen-bond acceptors (Lipinski definition) is 2. The van der Waals surface area contributed by atoms with Crippen molar-refractivity contribution in [2.45, 2.75) is 78.3 Å². The summed E-state index contributed by atoms with van der Waals surface area (Å²) in [7, 11) is 0. The molecule has 1 rings (SSSR count). The van der Waals surface area contributed by atoms with Crippen LogP contribution in [0, 0.1) is 5.92 Å². The summed E-state index contributed by atoms with van der Waals surface area (Å²) in [5.74, 6) is 0.335. The summed E-state index contributed by atoms with van der Waals surface area (Å²) in [4.78, 5) is 27.3. The second kappa shape index (κ2) is 7.09. The van der Waals surface area contributed by atoms with Crippen molar-refractivity contribution in [3.63, 3.8) is 0 Å². The fourth-order valence-corrected chi connectivity index (χ4v) is 2.99. The molecule has 0 aliphatic carbocycles. The van der Waals surface area contributed by atoms with Crippen molar-refractivity contribution < 1.29 is 9.59 Å². The normalized spacial score (nSPS) is 23.6. The molecule has 1 N–H and O–H groups in total. The molecule has 20 heavy (non-hydrogen) atoms. The lowest BCUT2D eigenvalue weighted by Crippen LogP contribution is -2.71. The van der Waals surface area contributed by atoms with E-state index in [9.17, 15) is 9.59 Å². The molecule has 2 unspecified atom stereocenters. The lowest BCUT2D eigenvalue weighted by molar-refractivity contribution is -0.157. The molecule has 1 saturated heterocycles. The molecule has 1 aliphatic rings. The average Bonchev–Trinajstić information content (AvgIpc) is 2.46. The van der Waals surface area contributed by atoms with Gasteiger partial charge in [0.1, 0.15) is 11.6 Å². The van der Waals surface area contributed by atoms with Gasteiger partial charge in [-0.05, 0) is 25.2 Å². The van der Waals surface area contributed by atoms with Gasteiger partial charge in [0.15, 0.2) is 0 Å². The molecule has 1 aliphatic heterocycles. The fourth-order valence-electron chi connectivity index (χ4n) is 2.99. The van der Waals surface area contributed by atoms with E-state index in [1.165, 1.54) is 0 Å². The van der Waals surface area contributed by atoms with E-state index >= 15 is 0 Å². The average molecular weight is 282 g/mol. The van der Waals surface area contributed by atoms with E-state index in [0.29, 0.717) is 19.4 Å². The Morgan fingerprint density at radius 1 is 1.20 bits per heavy atom. The number of unbranched alkanes of at least 4 members (excludes halogenated alkanes) is 1. The second-order valence-corrected chi connectivity index (χ2v) is 5.96. The van der Waals surface area contributed by atoms with Crippen LogP contribution in [-0.4, -0.2) is 34.8 Å². The predicted octanol–water partition coefficient (Wildman–Crippen LogP) is 2.72. The molecule has 0 spiro atoms. The van der Waals surface area contributed by atoms with Crippen molar-refractivity contribution in [3.8, 4) is 0 Å². The van der Waals surface area contributed by atoms with Gasteiger partial charge in [0.25, 0.3) is 0 Å². The standard InChI is InChI=1S/C16H30N2O2/c1-6-10-11-18-13(12(5)7-2)14(19)17-16(8-3,9-4)15(18)20/h12-13H,6-11H2,1-5H3,(H,17,19). The number of piperazine rings is 1. The second-order valence-electron chi connectivity index (χ2n) is 5.96. The van der Waals surface area contributed by atoms with E-state index in [-0.39, 0.29) is 23.8 Å². The van der Waals surface area contributed by atoms with Gasteiger partial charge in [0.2, 0.25) is 11.8 Å². The van der Waals surface area contributed by atoms with Gasteiger partial charge in [-0.25, -0.2) is 0 Å². The molecular weight excluding hydrogens is 252 g/mol. The summed E-state index contributed by atoms with van der Waals surface area (Å²) in [6.45, 7) is 10.9. The van der Waals surface area contributed by atoms with Crippen LogP contribution in [0.1, 0.15) is 66.7 Å². The van der Waals surface area contributed by atoms with E-state index in [1.54, 1.807) is 0 Å². The Morgan fingerprint density at radius 3 is 2.25 bits per heavy atom. The highest BCUT2D eigenvalue weighted by molar-refractivity contribution is 5.99. The molecule has 1 fully saturated rings. The number of nitrogens with one attached hydrogen (secondary N) is 1. The summed E-state index contributed by atoms with van der Waals surface area (Å²) in [6, 6.07) is -0.301. The van der Waals surface area contributed by atoms with Gasteiger partial charge in [0.05, 0.1) is 0 Å². The molecular formula is C16H30N2O2. The Labute approximate surface area is 123 Å². The number of rotatable bonds is 7.